The Bertz CT molecular complexity index is 1230. The van der Waals surface area contributed by atoms with Gasteiger partial charge in [-0.15, -0.1) is 0 Å². The minimum absolute atomic E-state index is 0.184. The molecule has 3 aromatic rings. The molecule has 0 N–H and O–H groups in total. The first-order valence-electron chi connectivity index (χ1n) is 10.8. The second kappa shape index (κ2) is 10.8. The molecule has 8 heteroatoms. The first-order valence-corrected chi connectivity index (χ1v) is 12.8. The van der Waals surface area contributed by atoms with Gasteiger partial charge in [0.1, 0.15) is 18.1 Å². The molecule has 176 valence electrons. The summed E-state index contributed by atoms with van der Waals surface area (Å²) < 4.78 is 11.8. The Kier molecular flexibility index (Phi) is 7.76. The molecule has 2 amide bonds. The monoisotopic (exact) mass is 513 g/mol. The van der Waals surface area contributed by atoms with E-state index in [9.17, 15) is 9.59 Å². The number of furan rings is 1. The molecule has 0 unspecified atom stereocenters. The fourth-order valence-corrected chi connectivity index (χ4v) is 5.15. The van der Waals surface area contributed by atoms with Crippen molar-refractivity contribution in [1.82, 2.24) is 4.90 Å². The van der Waals surface area contributed by atoms with E-state index in [1.807, 2.05) is 43.3 Å². The largest absolute Gasteiger partial charge is 0.491 e. The van der Waals surface area contributed by atoms with Crippen LogP contribution in [0, 0.1) is 6.92 Å². The van der Waals surface area contributed by atoms with Gasteiger partial charge in [0.2, 0.25) is 0 Å². The highest BCUT2D eigenvalue weighted by Crippen LogP contribution is 2.35. The molecule has 0 aliphatic carbocycles. The normalized spacial score (nSPS) is 15.1. The van der Waals surface area contributed by atoms with Crippen molar-refractivity contribution in [2.75, 3.05) is 13.2 Å². The maximum atomic E-state index is 12.8. The van der Waals surface area contributed by atoms with Crippen LogP contribution in [0.15, 0.2) is 73.9 Å². The molecule has 2 heterocycles. The zero-order valence-electron chi connectivity index (χ0n) is 19.0. The van der Waals surface area contributed by atoms with Crippen LogP contribution >= 0.6 is 35.1 Å². The van der Waals surface area contributed by atoms with Gasteiger partial charge in [-0.1, -0.05) is 49.3 Å². The van der Waals surface area contributed by atoms with Gasteiger partial charge in [-0.2, -0.15) is 0 Å². The lowest BCUT2D eigenvalue weighted by atomic mass is 10.0. The predicted molar refractivity (Wildman–Crippen MR) is 138 cm³/mol. The number of rotatable bonds is 8. The first-order chi connectivity index (χ1) is 16.3. The number of carbonyl (C=O) groups is 2. The SMILES string of the molecule is Cc1ccc(C(C)C)c(OCCN2C(=O)S/C(=C\c3ccc(Sc4ccc(Cl)cc4)o3)C2=O)c1. The Hall–Kier alpha value is -2.61. The zero-order valence-corrected chi connectivity index (χ0v) is 21.4. The quantitative estimate of drug-likeness (QED) is 0.288. The zero-order chi connectivity index (χ0) is 24.2. The van der Waals surface area contributed by atoms with E-state index in [2.05, 4.69) is 26.0 Å². The third-order valence-corrected chi connectivity index (χ3v) is 7.23. The second-order valence-electron chi connectivity index (χ2n) is 8.09. The molecule has 1 fully saturated rings. The molecule has 0 spiro atoms. The number of carbonyl (C=O) groups excluding carboxylic acids is 2. The van der Waals surface area contributed by atoms with Crippen LogP contribution in [0.25, 0.3) is 6.08 Å². The van der Waals surface area contributed by atoms with Crippen LogP contribution in [0.3, 0.4) is 0 Å². The number of imide groups is 1. The summed E-state index contributed by atoms with van der Waals surface area (Å²) in [6.45, 7) is 6.63. The molecule has 0 bridgehead atoms. The van der Waals surface area contributed by atoms with Crippen molar-refractivity contribution in [2.45, 2.75) is 36.7 Å². The van der Waals surface area contributed by atoms with Gasteiger partial charge in [0, 0.05) is 16.0 Å². The molecular weight excluding hydrogens is 490 g/mol. The van der Waals surface area contributed by atoms with Gasteiger partial charge >= 0.3 is 0 Å². The van der Waals surface area contributed by atoms with E-state index in [0.29, 0.717) is 26.7 Å². The second-order valence-corrected chi connectivity index (χ2v) is 10.6. The van der Waals surface area contributed by atoms with Crippen LogP contribution in [0.1, 0.15) is 36.7 Å². The summed E-state index contributed by atoms with van der Waals surface area (Å²) in [7, 11) is 0. The van der Waals surface area contributed by atoms with Gasteiger partial charge in [0.05, 0.1) is 11.4 Å². The van der Waals surface area contributed by atoms with Crippen molar-refractivity contribution in [3.63, 3.8) is 0 Å². The Morgan fingerprint density at radius 2 is 1.88 bits per heavy atom. The number of amides is 2. The highest BCUT2D eigenvalue weighted by atomic mass is 35.5. The molecule has 2 aromatic carbocycles. The molecule has 1 saturated heterocycles. The van der Waals surface area contributed by atoms with Crippen molar-refractivity contribution >= 4 is 52.3 Å². The van der Waals surface area contributed by atoms with E-state index < -0.39 is 0 Å². The third kappa shape index (κ3) is 5.90. The molecule has 1 aromatic heterocycles. The van der Waals surface area contributed by atoms with Gasteiger partial charge in [-0.05, 0) is 78.2 Å². The van der Waals surface area contributed by atoms with E-state index >= 15 is 0 Å². The standard InChI is InChI=1S/C26H24ClNO4S2/c1-16(2)21-10-4-17(3)14-22(21)31-13-12-28-25(29)23(34-26(28)30)15-19-7-11-24(32-19)33-20-8-5-18(27)6-9-20/h4-11,14-16H,12-13H2,1-3H3/b23-15-. The van der Waals surface area contributed by atoms with Crippen LogP contribution < -0.4 is 4.74 Å². The summed E-state index contributed by atoms with van der Waals surface area (Å²) in [5.41, 5.74) is 2.20. The topological polar surface area (TPSA) is 59.8 Å². The summed E-state index contributed by atoms with van der Waals surface area (Å²) in [4.78, 5) is 27.8. The average Bonchev–Trinajstić information content (AvgIpc) is 3.34. The van der Waals surface area contributed by atoms with Crippen LogP contribution in [0.5, 0.6) is 5.75 Å². The molecule has 0 atom stereocenters. The number of halogens is 1. The number of benzene rings is 2. The first kappa shape index (κ1) is 24.5. The van der Waals surface area contributed by atoms with Crippen LogP contribution in [-0.4, -0.2) is 29.2 Å². The number of hydrogen-bond acceptors (Lipinski definition) is 6. The van der Waals surface area contributed by atoms with Crippen molar-refractivity contribution in [3.05, 3.63) is 81.4 Å². The average molecular weight is 514 g/mol. The molecule has 34 heavy (non-hydrogen) atoms. The number of hydrogen-bond donors (Lipinski definition) is 0. The fraction of sp³-hybridized carbons (Fsp3) is 0.231. The molecule has 0 radical (unpaired) electrons. The summed E-state index contributed by atoms with van der Waals surface area (Å²) in [6, 6.07) is 17.1. The lowest BCUT2D eigenvalue weighted by Gasteiger charge is -2.17. The minimum atomic E-state index is -0.338. The molecule has 5 nitrogen and oxygen atoms in total. The van der Waals surface area contributed by atoms with E-state index in [-0.39, 0.29) is 24.3 Å². The molecular formula is C26H24ClNO4S2. The Morgan fingerprint density at radius 3 is 2.62 bits per heavy atom. The van der Waals surface area contributed by atoms with E-state index in [4.69, 9.17) is 20.8 Å². The summed E-state index contributed by atoms with van der Waals surface area (Å²) in [6.07, 6.45) is 1.61. The maximum absolute atomic E-state index is 12.8. The van der Waals surface area contributed by atoms with E-state index in [0.717, 1.165) is 33.5 Å². The van der Waals surface area contributed by atoms with Gasteiger partial charge in [-0.25, -0.2) is 0 Å². The van der Waals surface area contributed by atoms with Crippen molar-refractivity contribution < 1.29 is 18.7 Å². The van der Waals surface area contributed by atoms with E-state index in [1.54, 1.807) is 12.1 Å². The van der Waals surface area contributed by atoms with Crippen molar-refractivity contribution in [1.29, 1.82) is 0 Å². The lowest BCUT2D eigenvalue weighted by Crippen LogP contribution is -2.32. The molecule has 1 aliphatic rings. The van der Waals surface area contributed by atoms with Gasteiger partial charge in [-0.3, -0.25) is 14.5 Å². The number of nitrogens with zero attached hydrogens (tertiary/aromatic N) is 1. The van der Waals surface area contributed by atoms with Crippen LogP contribution in [0.2, 0.25) is 5.02 Å². The summed E-state index contributed by atoms with van der Waals surface area (Å²) in [5.74, 6) is 1.28. The number of aryl methyl sites for hydroxylation is 1. The number of thioether (sulfide) groups is 1. The maximum Gasteiger partial charge on any atom is 0.293 e. The predicted octanol–water partition coefficient (Wildman–Crippen LogP) is 7.63. The van der Waals surface area contributed by atoms with Gasteiger partial charge in [0.15, 0.2) is 5.09 Å². The fourth-order valence-electron chi connectivity index (χ4n) is 3.40. The highest BCUT2D eigenvalue weighted by Gasteiger charge is 2.35. The van der Waals surface area contributed by atoms with Crippen molar-refractivity contribution in [2.24, 2.45) is 0 Å². The molecule has 0 saturated carbocycles. The highest BCUT2D eigenvalue weighted by molar-refractivity contribution is 8.18. The Balaban J connectivity index is 1.38. The number of ether oxygens (including phenoxy) is 1. The Labute approximate surface area is 212 Å². The summed E-state index contributed by atoms with van der Waals surface area (Å²) >= 11 is 8.28. The Morgan fingerprint density at radius 1 is 1.12 bits per heavy atom. The summed E-state index contributed by atoms with van der Waals surface area (Å²) in [5, 5.41) is 1.04. The van der Waals surface area contributed by atoms with Crippen LogP contribution in [0.4, 0.5) is 4.79 Å². The van der Waals surface area contributed by atoms with Crippen molar-refractivity contribution in [3.8, 4) is 5.75 Å². The van der Waals surface area contributed by atoms with Gasteiger partial charge in [0.25, 0.3) is 11.1 Å². The molecule has 1 aliphatic heterocycles. The van der Waals surface area contributed by atoms with Gasteiger partial charge < -0.3 is 9.15 Å². The smallest absolute Gasteiger partial charge is 0.293 e. The minimum Gasteiger partial charge on any atom is -0.491 e. The van der Waals surface area contributed by atoms with Crippen LogP contribution in [-0.2, 0) is 4.79 Å². The third-order valence-electron chi connectivity index (χ3n) is 5.14. The lowest BCUT2D eigenvalue weighted by molar-refractivity contribution is -0.123. The van der Waals surface area contributed by atoms with E-state index in [1.165, 1.54) is 16.7 Å². The molecule has 4 rings (SSSR count).